The summed E-state index contributed by atoms with van der Waals surface area (Å²) >= 11 is 1.22. The lowest BCUT2D eigenvalue weighted by molar-refractivity contribution is 0.603. The van der Waals surface area contributed by atoms with E-state index in [9.17, 15) is 8.42 Å². The van der Waals surface area contributed by atoms with Gasteiger partial charge in [0.1, 0.15) is 4.21 Å². The minimum absolute atomic E-state index is 0.302. The molecule has 0 bridgehead atoms. The maximum atomic E-state index is 12.4. The SMILES string of the molecule is Cc1ccc(C)c(NS(=O)(=O)c2cc(C)c(CN)s2)c1. The van der Waals surface area contributed by atoms with Crippen molar-refractivity contribution >= 4 is 27.0 Å². The number of thiophene rings is 1. The summed E-state index contributed by atoms with van der Waals surface area (Å²) in [5.41, 5.74) is 9.04. The number of nitrogens with two attached hydrogens (primary N) is 1. The van der Waals surface area contributed by atoms with E-state index in [1.54, 1.807) is 6.07 Å². The van der Waals surface area contributed by atoms with E-state index in [0.29, 0.717) is 16.4 Å². The quantitative estimate of drug-likeness (QED) is 0.912. The topological polar surface area (TPSA) is 72.2 Å². The Morgan fingerprint density at radius 1 is 1.15 bits per heavy atom. The van der Waals surface area contributed by atoms with Crippen LogP contribution < -0.4 is 10.5 Å². The number of anilines is 1. The molecule has 1 aromatic heterocycles. The number of rotatable bonds is 4. The summed E-state index contributed by atoms with van der Waals surface area (Å²) in [7, 11) is -3.55. The van der Waals surface area contributed by atoms with Gasteiger partial charge in [0.25, 0.3) is 10.0 Å². The summed E-state index contributed by atoms with van der Waals surface area (Å²) in [6, 6.07) is 7.35. The predicted molar refractivity (Wildman–Crippen MR) is 83.7 cm³/mol. The van der Waals surface area contributed by atoms with Crippen molar-refractivity contribution in [1.82, 2.24) is 0 Å². The second-order valence-electron chi connectivity index (χ2n) is 4.80. The maximum Gasteiger partial charge on any atom is 0.271 e. The van der Waals surface area contributed by atoms with Crippen molar-refractivity contribution in [3.8, 4) is 0 Å². The summed E-state index contributed by atoms with van der Waals surface area (Å²) in [5.74, 6) is 0. The summed E-state index contributed by atoms with van der Waals surface area (Å²) in [6.07, 6.45) is 0. The van der Waals surface area contributed by atoms with Gasteiger partial charge in [0.15, 0.2) is 0 Å². The van der Waals surface area contributed by atoms with E-state index in [1.807, 2.05) is 39.0 Å². The monoisotopic (exact) mass is 310 g/mol. The fourth-order valence-corrected chi connectivity index (χ4v) is 4.45. The smallest absolute Gasteiger partial charge is 0.271 e. The van der Waals surface area contributed by atoms with Crippen molar-refractivity contribution in [3.05, 3.63) is 45.8 Å². The highest BCUT2D eigenvalue weighted by atomic mass is 32.2. The molecular formula is C14H18N2O2S2. The molecule has 0 radical (unpaired) electrons. The van der Waals surface area contributed by atoms with Gasteiger partial charge >= 0.3 is 0 Å². The van der Waals surface area contributed by atoms with Gasteiger partial charge in [-0.1, -0.05) is 12.1 Å². The average Bonchev–Trinajstić information content (AvgIpc) is 2.76. The van der Waals surface area contributed by atoms with Crippen LogP contribution in [0.3, 0.4) is 0 Å². The number of sulfonamides is 1. The van der Waals surface area contributed by atoms with Crippen LogP contribution in [0.4, 0.5) is 5.69 Å². The molecule has 0 spiro atoms. The number of nitrogens with one attached hydrogen (secondary N) is 1. The highest BCUT2D eigenvalue weighted by molar-refractivity contribution is 7.94. The minimum Gasteiger partial charge on any atom is -0.326 e. The van der Waals surface area contributed by atoms with Crippen molar-refractivity contribution < 1.29 is 8.42 Å². The average molecular weight is 310 g/mol. The first-order valence-electron chi connectivity index (χ1n) is 6.23. The Labute approximate surface area is 123 Å². The lowest BCUT2D eigenvalue weighted by atomic mass is 10.1. The molecule has 0 aliphatic carbocycles. The molecule has 1 aromatic carbocycles. The molecule has 0 atom stereocenters. The van der Waals surface area contributed by atoms with E-state index in [-0.39, 0.29) is 0 Å². The highest BCUT2D eigenvalue weighted by Gasteiger charge is 2.19. The maximum absolute atomic E-state index is 12.4. The third kappa shape index (κ3) is 3.03. The fourth-order valence-electron chi connectivity index (χ4n) is 1.86. The summed E-state index contributed by atoms with van der Waals surface area (Å²) < 4.78 is 27.8. The van der Waals surface area contributed by atoms with Crippen LogP contribution >= 0.6 is 11.3 Å². The van der Waals surface area contributed by atoms with Gasteiger partial charge < -0.3 is 5.73 Å². The van der Waals surface area contributed by atoms with Crippen LogP contribution in [0.5, 0.6) is 0 Å². The van der Waals surface area contributed by atoms with Gasteiger partial charge in [-0.05, 0) is 49.6 Å². The molecule has 6 heteroatoms. The number of hydrogen-bond donors (Lipinski definition) is 2. The van der Waals surface area contributed by atoms with Crippen LogP contribution in [0.1, 0.15) is 21.6 Å². The van der Waals surface area contributed by atoms with Crippen molar-refractivity contribution in [2.45, 2.75) is 31.5 Å². The first kappa shape index (κ1) is 15.0. The summed E-state index contributed by atoms with van der Waals surface area (Å²) in [4.78, 5) is 0.895. The van der Waals surface area contributed by atoms with Crippen molar-refractivity contribution in [2.24, 2.45) is 5.73 Å². The predicted octanol–water partition coefficient (Wildman–Crippen LogP) is 2.93. The van der Waals surface area contributed by atoms with Crippen LogP contribution in [0.25, 0.3) is 0 Å². The molecule has 0 fully saturated rings. The lowest BCUT2D eigenvalue weighted by Gasteiger charge is -2.10. The van der Waals surface area contributed by atoms with Crippen molar-refractivity contribution in [1.29, 1.82) is 0 Å². The minimum atomic E-state index is -3.55. The molecule has 108 valence electrons. The van der Waals surface area contributed by atoms with Gasteiger partial charge in [0, 0.05) is 11.4 Å². The van der Waals surface area contributed by atoms with Gasteiger partial charge in [-0.25, -0.2) is 8.42 Å². The standard InChI is InChI=1S/C14H18N2O2S2/c1-9-4-5-10(2)12(6-9)16-20(17,18)14-7-11(3)13(8-15)19-14/h4-7,16H,8,15H2,1-3H3. The van der Waals surface area contributed by atoms with Gasteiger partial charge in [0.05, 0.1) is 5.69 Å². The van der Waals surface area contributed by atoms with Crippen molar-refractivity contribution in [3.63, 3.8) is 0 Å². The van der Waals surface area contributed by atoms with Crippen LogP contribution in [0.15, 0.2) is 28.5 Å². The molecule has 0 aliphatic heterocycles. The summed E-state index contributed by atoms with van der Waals surface area (Å²) in [5, 5.41) is 0. The van der Waals surface area contributed by atoms with E-state index in [0.717, 1.165) is 21.6 Å². The van der Waals surface area contributed by atoms with E-state index in [4.69, 9.17) is 5.73 Å². The second kappa shape index (κ2) is 5.55. The molecule has 0 amide bonds. The van der Waals surface area contributed by atoms with Crippen LogP contribution in [-0.4, -0.2) is 8.42 Å². The molecule has 1 heterocycles. The third-order valence-corrected chi connectivity index (χ3v) is 6.18. The van der Waals surface area contributed by atoms with E-state index >= 15 is 0 Å². The van der Waals surface area contributed by atoms with Crippen molar-refractivity contribution in [2.75, 3.05) is 4.72 Å². The van der Waals surface area contributed by atoms with E-state index < -0.39 is 10.0 Å². The van der Waals surface area contributed by atoms with Gasteiger partial charge in [-0.15, -0.1) is 11.3 Å². The first-order chi connectivity index (χ1) is 9.33. The molecular weight excluding hydrogens is 292 g/mol. The second-order valence-corrected chi connectivity index (χ2v) is 7.85. The Morgan fingerprint density at radius 2 is 1.85 bits per heavy atom. The summed E-state index contributed by atoms with van der Waals surface area (Å²) in [6.45, 7) is 6.03. The molecule has 0 saturated heterocycles. The number of hydrogen-bond acceptors (Lipinski definition) is 4. The Kier molecular flexibility index (Phi) is 4.17. The van der Waals surface area contributed by atoms with Gasteiger partial charge in [0.2, 0.25) is 0 Å². The number of benzene rings is 1. The molecule has 3 N–H and O–H groups in total. The molecule has 0 aliphatic rings. The molecule has 0 unspecified atom stereocenters. The lowest BCUT2D eigenvalue weighted by Crippen LogP contribution is -2.12. The molecule has 4 nitrogen and oxygen atoms in total. The van der Waals surface area contributed by atoms with E-state index in [1.165, 1.54) is 11.3 Å². The molecule has 0 saturated carbocycles. The number of aryl methyl sites for hydroxylation is 3. The van der Waals surface area contributed by atoms with Gasteiger partial charge in [-0.2, -0.15) is 0 Å². The Bertz CT molecular complexity index is 734. The Hall–Kier alpha value is -1.37. The zero-order valence-corrected chi connectivity index (χ0v) is 13.4. The van der Waals surface area contributed by atoms with Gasteiger partial charge in [-0.3, -0.25) is 4.72 Å². The Balaban J connectivity index is 2.37. The highest BCUT2D eigenvalue weighted by Crippen LogP contribution is 2.28. The van der Waals surface area contributed by atoms with E-state index in [2.05, 4.69) is 4.72 Å². The normalized spacial score (nSPS) is 11.6. The third-order valence-electron chi connectivity index (χ3n) is 3.09. The molecule has 2 rings (SSSR count). The largest absolute Gasteiger partial charge is 0.326 e. The fraction of sp³-hybridized carbons (Fsp3) is 0.286. The first-order valence-corrected chi connectivity index (χ1v) is 8.53. The van der Waals surface area contributed by atoms with Crippen LogP contribution in [0.2, 0.25) is 0 Å². The zero-order valence-electron chi connectivity index (χ0n) is 11.7. The molecule has 2 aromatic rings. The Morgan fingerprint density at radius 3 is 2.45 bits per heavy atom. The van der Waals surface area contributed by atoms with Crippen LogP contribution in [0, 0.1) is 20.8 Å². The molecule has 20 heavy (non-hydrogen) atoms. The van der Waals surface area contributed by atoms with Crippen LogP contribution in [-0.2, 0) is 16.6 Å². The zero-order chi connectivity index (χ0) is 14.9.